The van der Waals surface area contributed by atoms with Gasteiger partial charge in [-0.25, -0.2) is 4.39 Å². The van der Waals surface area contributed by atoms with E-state index in [2.05, 4.69) is 34.1 Å². The number of Topliss-reactive ketones (excluding diaryl/α,β-unsaturated/α-hetero) is 1. The summed E-state index contributed by atoms with van der Waals surface area (Å²) in [4.78, 5) is 18.0. The molecule has 194 valence electrons. The topological polar surface area (TPSA) is 23.6 Å². The van der Waals surface area contributed by atoms with E-state index in [0.29, 0.717) is 12.3 Å². The van der Waals surface area contributed by atoms with Gasteiger partial charge in [0.1, 0.15) is 5.82 Å². The van der Waals surface area contributed by atoms with Crippen LogP contribution in [0.25, 0.3) is 0 Å². The van der Waals surface area contributed by atoms with E-state index in [9.17, 15) is 9.18 Å². The van der Waals surface area contributed by atoms with Gasteiger partial charge < -0.3 is 0 Å². The molecule has 3 aromatic rings. The Hall–Kier alpha value is -2.53. The summed E-state index contributed by atoms with van der Waals surface area (Å²) in [5, 5.41) is 0.783. The maximum atomic E-state index is 13.2. The molecule has 0 spiro atoms. The van der Waals surface area contributed by atoms with Gasteiger partial charge in [0, 0.05) is 43.2 Å². The van der Waals surface area contributed by atoms with Gasteiger partial charge in [0.05, 0.1) is 0 Å². The van der Waals surface area contributed by atoms with Gasteiger partial charge >= 0.3 is 0 Å². The molecule has 3 aromatic carbocycles. The van der Waals surface area contributed by atoms with Gasteiger partial charge in [-0.05, 0) is 104 Å². The fourth-order valence-electron chi connectivity index (χ4n) is 5.71. The van der Waals surface area contributed by atoms with Crippen LogP contribution in [0.15, 0.2) is 66.7 Å². The monoisotopic (exact) mass is 518 g/mol. The van der Waals surface area contributed by atoms with Crippen molar-refractivity contribution in [2.24, 2.45) is 5.92 Å². The lowest BCUT2D eigenvalue weighted by Gasteiger charge is -2.32. The van der Waals surface area contributed by atoms with Gasteiger partial charge in [-0.1, -0.05) is 48.0 Å². The number of hydrogen-bond acceptors (Lipinski definition) is 3. The highest BCUT2D eigenvalue weighted by atomic mass is 35.5. The van der Waals surface area contributed by atoms with E-state index >= 15 is 0 Å². The van der Waals surface area contributed by atoms with Gasteiger partial charge in [-0.15, -0.1) is 0 Å². The maximum absolute atomic E-state index is 13.2. The summed E-state index contributed by atoms with van der Waals surface area (Å²) in [6.45, 7) is 5.92. The molecule has 0 amide bonds. The van der Waals surface area contributed by atoms with Crippen LogP contribution in [0, 0.1) is 11.7 Å². The van der Waals surface area contributed by atoms with Crippen molar-refractivity contribution in [3.05, 3.63) is 105 Å². The first kappa shape index (κ1) is 26.1. The summed E-state index contributed by atoms with van der Waals surface area (Å²) >= 11 is 6.00. The van der Waals surface area contributed by atoms with Crippen LogP contribution in [0.4, 0.5) is 4.39 Å². The van der Waals surface area contributed by atoms with E-state index in [1.165, 1.54) is 28.8 Å². The van der Waals surface area contributed by atoms with E-state index in [0.717, 1.165) is 87.5 Å². The Labute approximate surface area is 225 Å². The van der Waals surface area contributed by atoms with Crippen LogP contribution < -0.4 is 0 Å². The van der Waals surface area contributed by atoms with Gasteiger partial charge in [0.15, 0.2) is 5.78 Å². The Balaban J connectivity index is 1.08. The third kappa shape index (κ3) is 7.28. The molecule has 0 bridgehead atoms. The normalized spacial score (nSPS) is 17.4. The Morgan fingerprint density at radius 3 is 2.05 bits per heavy atom. The van der Waals surface area contributed by atoms with E-state index in [1.807, 2.05) is 30.3 Å². The van der Waals surface area contributed by atoms with Crippen molar-refractivity contribution in [1.82, 2.24) is 9.80 Å². The molecule has 3 nitrogen and oxygen atoms in total. The summed E-state index contributed by atoms with van der Waals surface area (Å²) in [6.07, 6.45) is 5.88. The molecule has 37 heavy (non-hydrogen) atoms. The molecular formula is C32H36ClFN2O. The maximum Gasteiger partial charge on any atom is 0.162 e. The highest BCUT2D eigenvalue weighted by Crippen LogP contribution is 2.25. The molecule has 0 N–H and O–H groups in total. The summed E-state index contributed by atoms with van der Waals surface area (Å²) in [6, 6.07) is 21.3. The van der Waals surface area contributed by atoms with Crippen molar-refractivity contribution in [2.75, 3.05) is 26.2 Å². The van der Waals surface area contributed by atoms with E-state index in [1.54, 1.807) is 0 Å². The second kappa shape index (κ2) is 12.3. The molecule has 5 heteroatoms. The van der Waals surface area contributed by atoms with Gasteiger partial charge in [0.25, 0.3) is 0 Å². The van der Waals surface area contributed by atoms with Crippen LogP contribution in [-0.2, 0) is 25.9 Å². The Morgan fingerprint density at radius 1 is 0.784 bits per heavy atom. The van der Waals surface area contributed by atoms with Gasteiger partial charge in [-0.2, -0.15) is 0 Å². The minimum Gasteiger partial charge on any atom is -0.299 e. The first-order valence-electron chi connectivity index (χ1n) is 13.6. The molecule has 0 unspecified atom stereocenters. The number of benzene rings is 3. The van der Waals surface area contributed by atoms with Crippen molar-refractivity contribution in [2.45, 2.75) is 51.6 Å². The minimum absolute atomic E-state index is 0.191. The number of nitrogens with zero attached hydrogens (tertiary/aromatic N) is 2. The summed E-state index contributed by atoms with van der Waals surface area (Å²) in [5.74, 6) is 0.717. The fraction of sp³-hybridized carbons (Fsp3) is 0.406. The largest absolute Gasteiger partial charge is 0.299 e. The molecule has 1 fully saturated rings. The molecule has 5 rings (SSSR count). The average molecular weight is 519 g/mol. The zero-order valence-electron chi connectivity index (χ0n) is 21.5. The molecule has 2 aliphatic rings. The number of hydrogen-bond donors (Lipinski definition) is 0. The Bertz CT molecular complexity index is 1190. The number of ketones is 1. The number of fused-ring (bicyclic) bond motifs is 1. The first-order chi connectivity index (χ1) is 18.0. The predicted molar refractivity (Wildman–Crippen MR) is 149 cm³/mol. The molecular weight excluding hydrogens is 483 g/mol. The Kier molecular flexibility index (Phi) is 8.70. The van der Waals surface area contributed by atoms with Crippen molar-refractivity contribution in [1.29, 1.82) is 0 Å². The standard InChI is InChI=1S/C32H36ClFN2O/c33-30-8-1-25(2-9-30)22-35-17-13-24(14-18-35)5-12-32(37)29-7-6-27-15-19-36(20-16-28(27)21-29)23-26-3-10-31(34)11-4-26/h1-4,6-11,21,24H,5,12-20,22-23H2. The number of halogens is 2. The van der Waals surface area contributed by atoms with Crippen LogP contribution in [0.5, 0.6) is 0 Å². The van der Waals surface area contributed by atoms with Gasteiger partial charge in [-0.3, -0.25) is 14.6 Å². The lowest BCUT2D eigenvalue weighted by molar-refractivity contribution is 0.0961. The van der Waals surface area contributed by atoms with Crippen LogP contribution >= 0.6 is 11.6 Å². The second-order valence-electron chi connectivity index (χ2n) is 10.7. The molecule has 2 aliphatic heterocycles. The van der Waals surface area contributed by atoms with E-state index in [-0.39, 0.29) is 11.6 Å². The third-order valence-electron chi connectivity index (χ3n) is 8.05. The number of carbonyl (C=O) groups is 1. The number of carbonyl (C=O) groups excluding carboxylic acids is 1. The Morgan fingerprint density at radius 2 is 1.38 bits per heavy atom. The SMILES string of the molecule is O=C(CCC1CCN(Cc2ccc(Cl)cc2)CC1)c1ccc2c(c1)CCN(Cc1ccc(F)cc1)CC2. The van der Waals surface area contributed by atoms with Crippen molar-refractivity contribution >= 4 is 17.4 Å². The van der Waals surface area contributed by atoms with Crippen molar-refractivity contribution < 1.29 is 9.18 Å². The molecule has 0 aliphatic carbocycles. The molecule has 0 saturated carbocycles. The molecule has 0 atom stereocenters. The van der Waals surface area contributed by atoms with E-state index in [4.69, 9.17) is 11.6 Å². The molecule has 0 radical (unpaired) electrons. The summed E-state index contributed by atoms with van der Waals surface area (Å²) in [7, 11) is 0. The molecule has 1 saturated heterocycles. The van der Waals surface area contributed by atoms with Crippen molar-refractivity contribution in [3.63, 3.8) is 0 Å². The van der Waals surface area contributed by atoms with Gasteiger partial charge in [0.2, 0.25) is 0 Å². The number of rotatable bonds is 8. The average Bonchev–Trinajstić information content (AvgIpc) is 3.12. The highest BCUT2D eigenvalue weighted by molar-refractivity contribution is 6.30. The lowest BCUT2D eigenvalue weighted by atomic mass is 9.89. The fourth-order valence-corrected chi connectivity index (χ4v) is 5.84. The minimum atomic E-state index is -0.191. The molecule has 0 aromatic heterocycles. The first-order valence-corrected chi connectivity index (χ1v) is 14.0. The zero-order chi connectivity index (χ0) is 25.6. The quantitative estimate of drug-likeness (QED) is 0.301. The number of piperidine rings is 1. The number of likely N-dealkylation sites (tertiary alicyclic amines) is 1. The smallest absolute Gasteiger partial charge is 0.162 e. The van der Waals surface area contributed by atoms with Crippen LogP contribution in [0.2, 0.25) is 5.02 Å². The zero-order valence-corrected chi connectivity index (χ0v) is 22.2. The van der Waals surface area contributed by atoms with Crippen LogP contribution in [0.1, 0.15) is 58.3 Å². The predicted octanol–water partition coefficient (Wildman–Crippen LogP) is 6.96. The molecule has 2 heterocycles. The van der Waals surface area contributed by atoms with E-state index < -0.39 is 0 Å². The highest BCUT2D eigenvalue weighted by Gasteiger charge is 2.21. The third-order valence-corrected chi connectivity index (χ3v) is 8.30. The van der Waals surface area contributed by atoms with Crippen LogP contribution in [-0.4, -0.2) is 41.8 Å². The lowest BCUT2D eigenvalue weighted by Crippen LogP contribution is -2.33. The summed E-state index contributed by atoms with van der Waals surface area (Å²) < 4.78 is 13.2. The second-order valence-corrected chi connectivity index (χ2v) is 11.1. The van der Waals surface area contributed by atoms with Crippen molar-refractivity contribution in [3.8, 4) is 0 Å². The van der Waals surface area contributed by atoms with Crippen LogP contribution in [0.3, 0.4) is 0 Å². The summed E-state index contributed by atoms with van der Waals surface area (Å²) in [5.41, 5.74) is 5.97.